The molecule has 0 heterocycles. The Balaban J connectivity index is 0.00000369. The van der Waals surface area contributed by atoms with Gasteiger partial charge in [-0.1, -0.05) is 100 Å². The molecule has 0 amide bonds. The Kier molecular flexibility index (Phi) is 14.8. The zero-order chi connectivity index (χ0) is 46.8. The lowest BCUT2D eigenvalue weighted by Gasteiger charge is -2.33. The highest BCUT2D eigenvalue weighted by molar-refractivity contribution is 6.97. The lowest BCUT2D eigenvalue weighted by Crippen LogP contribution is -2.58. The second kappa shape index (κ2) is 19.5. The molecule has 0 bridgehead atoms. The minimum Gasteiger partial charge on any atom is -0.465 e. The minimum absolute atomic E-state index is 0.116. The molecule has 6 nitrogen and oxygen atoms in total. The number of carbonyl (C=O) groups is 3. The summed E-state index contributed by atoms with van der Waals surface area (Å²) in [5.41, 5.74) is 26.7. The van der Waals surface area contributed by atoms with Gasteiger partial charge in [-0.05, 0) is 186 Å². The first-order chi connectivity index (χ1) is 29.9. The van der Waals surface area contributed by atoms with E-state index in [0.717, 1.165) is 16.7 Å². The summed E-state index contributed by atoms with van der Waals surface area (Å²) in [6, 6.07) is 23.2. The first kappa shape index (κ1) is 47.8. The van der Waals surface area contributed by atoms with Gasteiger partial charge in [-0.25, -0.2) is 14.4 Å². The first-order valence-corrected chi connectivity index (χ1v) is 21.8. The molecule has 0 spiro atoms. The fourth-order valence-electron chi connectivity index (χ4n) is 9.73. The third-order valence-corrected chi connectivity index (χ3v) is 13.7. The van der Waals surface area contributed by atoms with Crippen molar-refractivity contribution in [2.45, 2.75) is 96.9 Å². The molecule has 7 heteroatoms. The van der Waals surface area contributed by atoms with Crippen LogP contribution in [0.2, 0.25) is 0 Å². The monoisotopic (exact) mass is 842 g/mol. The van der Waals surface area contributed by atoms with Crippen molar-refractivity contribution in [3.63, 3.8) is 0 Å². The van der Waals surface area contributed by atoms with Gasteiger partial charge >= 0.3 is 17.9 Å². The number of ether oxygens (including phenoxy) is 3. The van der Waals surface area contributed by atoms with E-state index in [1.165, 1.54) is 121 Å². The zero-order valence-electron chi connectivity index (χ0n) is 40.5. The SMILES string of the molecule is CC.COC(=O)c1ccc(-c2c(C)c(C)c(B(c3c(C)c(C)c(-c4ccc(C(=O)OC)cc4)c(C)c3C)c3c(C)c(C)c(-c4ccc(C(=O)OC)cc4)c(C)c3C)c(C)c2C)cc1. The van der Waals surface area contributed by atoms with Gasteiger partial charge in [0.25, 0.3) is 0 Å². The summed E-state index contributed by atoms with van der Waals surface area (Å²) < 4.78 is 15.0. The van der Waals surface area contributed by atoms with Crippen LogP contribution in [-0.2, 0) is 14.2 Å². The predicted octanol–water partition coefficient (Wildman–Crippen LogP) is 11.3. The highest BCUT2D eigenvalue weighted by Gasteiger charge is 2.36. The van der Waals surface area contributed by atoms with E-state index in [-0.39, 0.29) is 24.6 Å². The van der Waals surface area contributed by atoms with Gasteiger partial charge in [0, 0.05) is 0 Å². The Morgan fingerprint density at radius 1 is 0.317 bits per heavy atom. The fraction of sp³-hybridized carbons (Fsp3) is 0.304. The molecular formula is C56H63BO6. The summed E-state index contributed by atoms with van der Waals surface area (Å²) >= 11 is 0. The van der Waals surface area contributed by atoms with Gasteiger partial charge in [0.2, 0.25) is 6.71 Å². The third kappa shape index (κ3) is 8.50. The van der Waals surface area contributed by atoms with Crippen LogP contribution in [0, 0.1) is 83.1 Å². The van der Waals surface area contributed by atoms with Gasteiger partial charge in [-0.2, -0.15) is 0 Å². The van der Waals surface area contributed by atoms with Crippen LogP contribution in [0.5, 0.6) is 0 Å². The predicted molar refractivity (Wildman–Crippen MR) is 263 cm³/mol. The van der Waals surface area contributed by atoms with Crippen LogP contribution in [0.1, 0.15) is 112 Å². The van der Waals surface area contributed by atoms with Crippen LogP contribution in [0.15, 0.2) is 72.8 Å². The van der Waals surface area contributed by atoms with E-state index in [4.69, 9.17) is 14.2 Å². The Bertz CT molecular complexity index is 2350. The average Bonchev–Trinajstić information content (AvgIpc) is 3.30. The Labute approximate surface area is 376 Å². The van der Waals surface area contributed by atoms with Crippen molar-refractivity contribution in [1.29, 1.82) is 0 Å². The summed E-state index contributed by atoms with van der Waals surface area (Å²) in [6.07, 6.45) is 0. The summed E-state index contributed by atoms with van der Waals surface area (Å²) in [5.74, 6) is -1.06. The highest BCUT2D eigenvalue weighted by Crippen LogP contribution is 2.36. The molecule has 0 N–H and O–H groups in total. The van der Waals surface area contributed by atoms with E-state index in [1.54, 1.807) is 0 Å². The number of esters is 3. The van der Waals surface area contributed by atoms with Crippen LogP contribution in [0.25, 0.3) is 33.4 Å². The molecule has 0 aromatic heterocycles. The maximum atomic E-state index is 12.3. The molecule has 6 aromatic rings. The lowest BCUT2D eigenvalue weighted by molar-refractivity contribution is 0.0592. The van der Waals surface area contributed by atoms with Crippen molar-refractivity contribution >= 4 is 41.0 Å². The number of benzene rings is 6. The van der Waals surface area contributed by atoms with Gasteiger partial charge in [-0.3, -0.25) is 0 Å². The maximum absolute atomic E-state index is 12.3. The molecule has 0 unspecified atom stereocenters. The molecule has 0 fully saturated rings. The Hall–Kier alpha value is -6.21. The standard InChI is InChI=1S/C54H57BO6.C2H6/c1-28-34(7)49(35(8)29(2)46(28)40-16-22-43(23-17-40)52(56)59-13)55(50-36(9)30(3)47(31(4)37(50)10)41-18-24-44(25-19-41)53(57)60-14)51-38(11)32(5)48(33(6)39(51)12)42-20-26-45(27-21-42)54(58)61-15;1-2/h16-27H,1-15H3;1-2H3. The number of rotatable bonds is 9. The van der Waals surface area contributed by atoms with Crippen LogP contribution in [0.3, 0.4) is 0 Å². The largest absolute Gasteiger partial charge is 0.465 e. The molecule has 6 aromatic carbocycles. The van der Waals surface area contributed by atoms with E-state index in [9.17, 15) is 14.4 Å². The highest BCUT2D eigenvalue weighted by atomic mass is 16.5. The number of hydrogen-bond acceptors (Lipinski definition) is 6. The van der Waals surface area contributed by atoms with Crippen molar-refractivity contribution in [2.24, 2.45) is 0 Å². The molecular weight excluding hydrogens is 779 g/mol. The van der Waals surface area contributed by atoms with E-state index in [1.807, 2.05) is 86.6 Å². The summed E-state index contributed by atoms with van der Waals surface area (Å²) in [4.78, 5) is 37.0. The molecule has 0 saturated carbocycles. The number of methoxy groups -OCH3 is 3. The van der Waals surface area contributed by atoms with E-state index in [2.05, 4.69) is 83.1 Å². The molecule has 0 aliphatic rings. The molecule has 0 saturated heterocycles. The normalized spacial score (nSPS) is 10.8. The molecule has 0 aliphatic carbocycles. The molecule has 63 heavy (non-hydrogen) atoms. The van der Waals surface area contributed by atoms with Crippen LogP contribution < -0.4 is 16.4 Å². The Morgan fingerprint density at radius 3 is 0.651 bits per heavy atom. The second-order valence-corrected chi connectivity index (χ2v) is 16.5. The van der Waals surface area contributed by atoms with Crippen molar-refractivity contribution < 1.29 is 28.6 Å². The quantitative estimate of drug-likeness (QED) is 0.0819. The van der Waals surface area contributed by atoms with Gasteiger partial charge < -0.3 is 14.2 Å². The molecule has 326 valence electrons. The van der Waals surface area contributed by atoms with Crippen LogP contribution in [0.4, 0.5) is 0 Å². The molecule has 6 rings (SSSR count). The average molecular weight is 843 g/mol. The maximum Gasteiger partial charge on any atom is 0.337 e. The molecule has 0 radical (unpaired) electrons. The molecule has 0 atom stereocenters. The van der Waals surface area contributed by atoms with Crippen molar-refractivity contribution in [1.82, 2.24) is 0 Å². The van der Waals surface area contributed by atoms with E-state index >= 15 is 0 Å². The van der Waals surface area contributed by atoms with E-state index < -0.39 is 0 Å². The Morgan fingerprint density at radius 2 is 0.492 bits per heavy atom. The topological polar surface area (TPSA) is 78.9 Å². The summed E-state index contributed by atoms with van der Waals surface area (Å²) in [6.45, 7) is 30.8. The lowest BCUT2D eigenvalue weighted by atomic mass is 9.32. The van der Waals surface area contributed by atoms with Crippen molar-refractivity contribution in [3.8, 4) is 33.4 Å². The van der Waals surface area contributed by atoms with E-state index in [0.29, 0.717) is 16.7 Å². The number of carbonyl (C=O) groups excluding carboxylic acids is 3. The summed E-state index contributed by atoms with van der Waals surface area (Å²) in [7, 11) is 4.21. The van der Waals surface area contributed by atoms with Gasteiger partial charge in [0.05, 0.1) is 38.0 Å². The van der Waals surface area contributed by atoms with Crippen LogP contribution >= 0.6 is 0 Å². The van der Waals surface area contributed by atoms with Crippen molar-refractivity contribution in [3.05, 3.63) is 156 Å². The summed E-state index contributed by atoms with van der Waals surface area (Å²) in [5, 5.41) is 0. The van der Waals surface area contributed by atoms with Crippen molar-refractivity contribution in [2.75, 3.05) is 21.3 Å². The smallest absolute Gasteiger partial charge is 0.337 e. The third-order valence-electron chi connectivity index (χ3n) is 13.7. The second-order valence-electron chi connectivity index (χ2n) is 16.5. The minimum atomic E-state index is -0.355. The van der Waals surface area contributed by atoms with Gasteiger partial charge in [-0.15, -0.1) is 0 Å². The van der Waals surface area contributed by atoms with Crippen LogP contribution in [-0.4, -0.2) is 46.0 Å². The fourth-order valence-corrected chi connectivity index (χ4v) is 9.73. The van der Waals surface area contributed by atoms with Gasteiger partial charge in [0.1, 0.15) is 0 Å². The van der Waals surface area contributed by atoms with Gasteiger partial charge in [0.15, 0.2) is 0 Å². The zero-order valence-corrected chi connectivity index (χ0v) is 40.5. The molecule has 0 aliphatic heterocycles. The first-order valence-electron chi connectivity index (χ1n) is 21.8. The number of hydrogen-bond donors (Lipinski definition) is 0.